The van der Waals surface area contributed by atoms with Crippen LogP contribution in [0, 0.1) is 19.3 Å². The first kappa shape index (κ1) is 23.1. The van der Waals surface area contributed by atoms with E-state index in [1.165, 1.54) is 4.90 Å². The molecule has 0 radical (unpaired) electrons. The van der Waals surface area contributed by atoms with Gasteiger partial charge in [0.2, 0.25) is 17.7 Å². The third-order valence-corrected chi connectivity index (χ3v) is 4.65. The number of pyridine rings is 1. The average molecular weight is 411 g/mol. The summed E-state index contributed by atoms with van der Waals surface area (Å²) >= 11 is 0. The fourth-order valence-electron chi connectivity index (χ4n) is 3.31. The van der Waals surface area contributed by atoms with Crippen LogP contribution in [-0.4, -0.2) is 28.7 Å². The van der Waals surface area contributed by atoms with Crippen LogP contribution in [0.5, 0.6) is 0 Å². The summed E-state index contributed by atoms with van der Waals surface area (Å²) in [6, 6.07) is 10.1. The molecule has 1 atom stereocenters. The first-order valence-corrected chi connectivity index (χ1v) is 9.89. The van der Waals surface area contributed by atoms with E-state index in [9.17, 15) is 14.4 Å². The van der Waals surface area contributed by atoms with Crippen LogP contribution in [0.1, 0.15) is 44.7 Å². The largest absolute Gasteiger partial charge is 0.368 e. The average Bonchev–Trinajstić information content (AvgIpc) is 2.62. The van der Waals surface area contributed by atoms with E-state index >= 15 is 0 Å². The Morgan fingerprint density at radius 1 is 1.07 bits per heavy atom. The monoisotopic (exact) mass is 410 g/mol. The Morgan fingerprint density at radius 3 is 2.30 bits per heavy atom. The van der Waals surface area contributed by atoms with E-state index in [0.29, 0.717) is 11.5 Å². The number of hydrogen-bond donors (Lipinski definition) is 2. The van der Waals surface area contributed by atoms with E-state index in [4.69, 9.17) is 5.73 Å². The molecule has 0 aliphatic rings. The van der Waals surface area contributed by atoms with E-state index < -0.39 is 17.4 Å². The van der Waals surface area contributed by atoms with E-state index in [1.807, 2.05) is 58.9 Å². The van der Waals surface area contributed by atoms with Crippen molar-refractivity contribution >= 4 is 29.2 Å². The molecule has 1 heterocycles. The summed E-state index contributed by atoms with van der Waals surface area (Å²) in [7, 11) is 0. The molecule has 2 rings (SSSR count). The lowest BCUT2D eigenvalue weighted by Crippen LogP contribution is -2.55. The van der Waals surface area contributed by atoms with Gasteiger partial charge in [-0.2, -0.15) is 0 Å². The lowest BCUT2D eigenvalue weighted by atomic mass is 9.84. The zero-order chi connectivity index (χ0) is 22.5. The summed E-state index contributed by atoms with van der Waals surface area (Å²) in [6.07, 6.45) is 1.51. The molecule has 0 saturated carbocycles. The Labute approximate surface area is 177 Å². The number of carbonyl (C=O) groups excluding carboxylic acids is 3. The number of aryl methyl sites for hydroxylation is 2. The van der Waals surface area contributed by atoms with Crippen LogP contribution in [0.15, 0.2) is 42.6 Å². The quantitative estimate of drug-likeness (QED) is 0.730. The van der Waals surface area contributed by atoms with Gasteiger partial charge >= 0.3 is 0 Å². The zero-order valence-electron chi connectivity index (χ0n) is 18.2. The fourth-order valence-corrected chi connectivity index (χ4v) is 3.31. The van der Waals surface area contributed by atoms with Gasteiger partial charge in [0.15, 0.2) is 0 Å². The SMILES string of the molecule is Cc1cccc(N(C(=O)CCC(=O)Nc2cc(C)ccn2)C(C(N)=O)C(C)(C)C)c1. The minimum Gasteiger partial charge on any atom is -0.368 e. The molecule has 7 heteroatoms. The van der Waals surface area contributed by atoms with Gasteiger partial charge in [-0.1, -0.05) is 32.9 Å². The van der Waals surface area contributed by atoms with Gasteiger partial charge in [-0.3, -0.25) is 19.3 Å². The van der Waals surface area contributed by atoms with Gasteiger partial charge < -0.3 is 11.1 Å². The summed E-state index contributed by atoms with van der Waals surface area (Å²) < 4.78 is 0. The van der Waals surface area contributed by atoms with Gasteiger partial charge in [-0.15, -0.1) is 0 Å². The number of benzene rings is 1. The van der Waals surface area contributed by atoms with Gasteiger partial charge in [-0.25, -0.2) is 4.98 Å². The van der Waals surface area contributed by atoms with Crippen molar-refractivity contribution in [2.45, 2.75) is 53.5 Å². The van der Waals surface area contributed by atoms with Crippen LogP contribution in [0.25, 0.3) is 0 Å². The number of primary amides is 1. The van der Waals surface area contributed by atoms with Crippen molar-refractivity contribution < 1.29 is 14.4 Å². The molecular weight excluding hydrogens is 380 g/mol. The standard InChI is InChI=1S/C23H30N4O3/c1-15-7-6-8-17(13-15)27(21(22(24)30)23(3,4)5)20(29)10-9-19(28)26-18-14-16(2)11-12-25-18/h6-8,11-14,21H,9-10H2,1-5H3,(H2,24,30)(H,25,26,28). The molecule has 1 aromatic heterocycles. The number of nitrogens with one attached hydrogen (secondary N) is 1. The van der Waals surface area contributed by atoms with E-state index in [1.54, 1.807) is 18.3 Å². The molecule has 0 aliphatic carbocycles. The second-order valence-corrected chi connectivity index (χ2v) is 8.54. The topological polar surface area (TPSA) is 105 Å². The molecule has 7 nitrogen and oxygen atoms in total. The second-order valence-electron chi connectivity index (χ2n) is 8.54. The Kier molecular flexibility index (Phi) is 7.32. The molecule has 2 aromatic rings. The summed E-state index contributed by atoms with van der Waals surface area (Å²) in [6.45, 7) is 9.37. The second kappa shape index (κ2) is 9.52. The molecule has 30 heavy (non-hydrogen) atoms. The maximum atomic E-state index is 13.2. The maximum absolute atomic E-state index is 13.2. The molecule has 0 saturated heterocycles. The molecular formula is C23H30N4O3. The van der Waals surface area contributed by atoms with Gasteiger partial charge in [-0.05, 0) is 54.7 Å². The zero-order valence-corrected chi connectivity index (χ0v) is 18.2. The highest BCUT2D eigenvalue weighted by molar-refractivity contribution is 6.02. The number of hydrogen-bond acceptors (Lipinski definition) is 4. The first-order valence-electron chi connectivity index (χ1n) is 9.89. The molecule has 1 unspecified atom stereocenters. The molecule has 0 bridgehead atoms. The first-order chi connectivity index (χ1) is 14.0. The van der Waals surface area contributed by atoms with Crippen molar-refractivity contribution in [1.82, 2.24) is 4.98 Å². The van der Waals surface area contributed by atoms with E-state index in [-0.39, 0.29) is 24.7 Å². The summed E-state index contributed by atoms with van der Waals surface area (Å²) in [5, 5.41) is 2.70. The predicted octanol–water partition coefficient (Wildman–Crippen LogP) is 3.35. The van der Waals surface area contributed by atoms with Crippen LogP contribution < -0.4 is 16.0 Å². The molecule has 0 spiro atoms. The minimum atomic E-state index is -0.853. The number of nitrogens with two attached hydrogens (primary N) is 1. The van der Waals surface area contributed by atoms with Crippen molar-refractivity contribution in [2.75, 3.05) is 10.2 Å². The Balaban J connectivity index is 2.22. The smallest absolute Gasteiger partial charge is 0.241 e. The highest BCUT2D eigenvalue weighted by Crippen LogP contribution is 2.30. The Bertz CT molecular complexity index is 934. The molecule has 3 N–H and O–H groups in total. The number of aromatic nitrogens is 1. The molecule has 160 valence electrons. The van der Waals surface area contributed by atoms with Gasteiger partial charge in [0.1, 0.15) is 11.9 Å². The molecule has 3 amide bonds. The van der Waals surface area contributed by atoms with Gasteiger partial charge in [0.05, 0.1) is 0 Å². The predicted molar refractivity (Wildman–Crippen MR) is 118 cm³/mol. The Hall–Kier alpha value is -3.22. The summed E-state index contributed by atoms with van der Waals surface area (Å²) in [5.41, 5.74) is 7.61. The van der Waals surface area contributed by atoms with Crippen molar-refractivity contribution in [3.8, 4) is 0 Å². The van der Waals surface area contributed by atoms with Gasteiger partial charge in [0, 0.05) is 24.7 Å². The van der Waals surface area contributed by atoms with Crippen LogP contribution in [-0.2, 0) is 14.4 Å². The number of amides is 3. The van der Waals surface area contributed by atoms with Crippen LogP contribution in [0.2, 0.25) is 0 Å². The van der Waals surface area contributed by atoms with Crippen molar-refractivity contribution in [1.29, 1.82) is 0 Å². The normalized spacial score (nSPS) is 12.2. The molecule has 0 aliphatic heterocycles. The number of rotatable bonds is 7. The number of anilines is 2. The van der Waals surface area contributed by atoms with Crippen molar-refractivity contribution in [3.05, 3.63) is 53.7 Å². The van der Waals surface area contributed by atoms with Gasteiger partial charge in [0.25, 0.3) is 0 Å². The van der Waals surface area contributed by atoms with Crippen molar-refractivity contribution in [3.63, 3.8) is 0 Å². The Morgan fingerprint density at radius 2 is 1.73 bits per heavy atom. The highest BCUT2D eigenvalue weighted by Gasteiger charge is 2.38. The molecule has 0 fully saturated rings. The van der Waals surface area contributed by atoms with Crippen LogP contribution in [0.4, 0.5) is 11.5 Å². The van der Waals surface area contributed by atoms with Crippen LogP contribution in [0.3, 0.4) is 0 Å². The lowest BCUT2D eigenvalue weighted by molar-refractivity contribution is -0.127. The third kappa shape index (κ3) is 6.14. The third-order valence-electron chi connectivity index (χ3n) is 4.65. The minimum absolute atomic E-state index is 0.0353. The number of nitrogens with zero attached hydrogens (tertiary/aromatic N) is 2. The maximum Gasteiger partial charge on any atom is 0.241 e. The fraction of sp³-hybridized carbons (Fsp3) is 0.391. The van der Waals surface area contributed by atoms with Crippen LogP contribution >= 0.6 is 0 Å². The van der Waals surface area contributed by atoms with E-state index in [0.717, 1.165) is 11.1 Å². The van der Waals surface area contributed by atoms with E-state index in [2.05, 4.69) is 10.3 Å². The van der Waals surface area contributed by atoms with Crippen molar-refractivity contribution in [2.24, 2.45) is 11.1 Å². The highest BCUT2D eigenvalue weighted by atomic mass is 16.2. The number of carbonyl (C=O) groups is 3. The summed E-state index contributed by atoms with van der Waals surface area (Å²) in [4.78, 5) is 43.3. The summed E-state index contributed by atoms with van der Waals surface area (Å²) in [5.74, 6) is -0.817. The lowest BCUT2D eigenvalue weighted by Gasteiger charge is -2.38. The molecule has 1 aromatic carbocycles.